The molecule has 100 valence electrons. The summed E-state index contributed by atoms with van der Waals surface area (Å²) in [6.45, 7) is 3.16. The van der Waals surface area contributed by atoms with E-state index < -0.39 is 0 Å². The number of hydrogen-bond acceptors (Lipinski definition) is 2. The van der Waals surface area contributed by atoms with Crippen LogP contribution in [-0.2, 0) is 16.1 Å². The molecule has 2 rings (SSSR count). The fourth-order valence-corrected chi connectivity index (χ4v) is 3.24. The van der Waals surface area contributed by atoms with Crippen molar-refractivity contribution in [2.45, 2.75) is 19.4 Å². The lowest BCUT2D eigenvalue weighted by molar-refractivity contribution is -0.0312. The molecule has 0 atom stereocenters. The van der Waals surface area contributed by atoms with Crippen LogP contribution >= 0.6 is 31.9 Å². The first kappa shape index (κ1) is 14.5. The Hall–Kier alpha value is 0.1000. The van der Waals surface area contributed by atoms with Gasteiger partial charge in [0.2, 0.25) is 0 Å². The van der Waals surface area contributed by atoms with Gasteiger partial charge in [-0.15, -0.1) is 0 Å². The molecule has 1 aliphatic heterocycles. The molecule has 2 nitrogen and oxygen atoms in total. The number of alkyl halides is 1. The Labute approximate surface area is 125 Å². The summed E-state index contributed by atoms with van der Waals surface area (Å²) in [6.07, 6.45) is 2.16. The molecule has 0 saturated carbocycles. The second kappa shape index (κ2) is 7.04. The Morgan fingerprint density at radius 3 is 2.61 bits per heavy atom. The van der Waals surface area contributed by atoms with E-state index in [0.29, 0.717) is 6.61 Å². The molecule has 0 N–H and O–H groups in total. The van der Waals surface area contributed by atoms with Gasteiger partial charge in [0.25, 0.3) is 0 Å². The molecule has 0 aliphatic carbocycles. The van der Waals surface area contributed by atoms with E-state index in [9.17, 15) is 0 Å². The molecule has 1 saturated heterocycles. The normalized spacial score (nSPS) is 18.8. The van der Waals surface area contributed by atoms with Gasteiger partial charge in [-0.25, -0.2) is 0 Å². The van der Waals surface area contributed by atoms with Crippen molar-refractivity contribution in [3.05, 3.63) is 34.3 Å². The van der Waals surface area contributed by atoms with Crippen LogP contribution in [0.1, 0.15) is 18.4 Å². The van der Waals surface area contributed by atoms with Crippen LogP contribution in [0.5, 0.6) is 0 Å². The molecule has 0 spiro atoms. The molecule has 1 aromatic carbocycles. The van der Waals surface area contributed by atoms with Crippen molar-refractivity contribution in [3.8, 4) is 0 Å². The highest BCUT2D eigenvalue weighted by atomic mass is 79.9. The number of ether oxygens (including phenoxy) is 2. The number of halogens is 2. The van der Waals surface area contributed by atoms with E-state index in [1.54, 1.807) is 0 Å². The van der Waals surface area contributed by atoms with Crippen molar-refractivity contribution >= 4 is 31.9 Å². The van der Waals surface area contributed by atoms with Crippen LogP contribution in [0.25, 0.3) is 0 Å². The van der Waals surface area contributed by atoms with Gasteiger partial charge in [-0.05, 0) is 24.5 Å². The first-order valence-corrected chi connectivity index (χ1v) is 8.12. The summed E-state index contributed by atoms with van der Waals surface area (Å²) in [4.78, 5) is 0. The van der Waals surface area contributed by atoms with Crippen molar-refractivity contribution in [2.24, 2.45) is 5.41 Å². The lowest BCUT2D eigenvalue weighted by Gasteiger charge is -2.35. The summed E-state index contributed by atoms with van der Waals surface area (Å²) in [6, 6.07) is 8.20. The largest absolute Gasteiger partial charge is 0.381 e. The summed E-state index contributed by atoms with van der Waals surface area (Å²) in [7, 11) is 0. The molecule has 0 bridgehead atoms. The summed E-state index contributed by atoms with van der Waals surface area (Å²) in [5.74, 6) is 0. The maximum Gasteiger partial charge on any atom is 0.0728 e. The van der Waals surface area contributed by atoms with Gasteiger partial charge in [0.05, 0.1) is 13.2 Å². The smallest absolute Gasteiger partial charge is 0.0728 e. The minimum Gasteiger partial charge on any atom is -0.381 e. The number of benzene rings is 1. The Kier molecular flexibility index (Phi) is 5.67. The highest BCUT2D eigenvalue weighted by Crippen LogP contribution is 2.33. The van der Waals surface area contributed by atoms with E-state index >= 15 is 0 Å². The zero-order valence-electron chi connectivity index (χ0n) is 10.3. The van der Waals surface area contributed by atoms with Gasteiger partial charge in [-0.1, -0.05) is 50.1 Å². The van der Waals surface area contributed by atoms with Crippen molar-refractivity contribution in [1.82, 2.24) is 0 Å². The molecule has 0 unspecified atom stereocenters. The highest BCUT2D eigenvalue weighted by molar-refractivity contribution is 9.10. The minimum absolute atomic E-state index is 0.250. The molecule has 0 amide bonds. The molecule has 0 aromatic heterocycles. The van der Waals surface area contributed by atoms with E-state index in [1.807, 2.05) is 18.2 Å². The van der Waals surface area contributed by atoms with Crippen molar-refractivity contribution in [1.29, 1.82) is 0 Å². The Bertz CT molecular complexity index is 376. The Morgan fingerprint density at radius 2 is 1.94 bits per heavy atom. The monoisotopic (exact) mass is 376 g/mol. The Balaban J connectivity index is 1.85. The molecule has 1 fully saturated rings. The standard InChI is InChI=1S/C14H18Br2O2/c15-10-14(5-7-17-8-6-14)11-18-9-12-3-1-2-4-13(12)16/h1-4H,5-11H2. The highest BCUT2D eigenvalue weighted by Gasteiger charge is 2.31. The molecule has 0 radical (unpaired) electrons. The maximum atomic E-state index is 5.92. The van der Waals surface area contributed by atoms with E-state index in [4.69, 9.17) is 9.47 Å². The van der Waals surface area contributed by atoms with Gasteiger partial charge >= 0.3 is 0 Å². The van der Waals surface area contributed by atoms with E-state index in [1.165, 1.54) is 5.56 Å². The van der Waals surface area contributed by atoms with Crippen molar-refractivity contribution in [3.63, 3.8) is 0 Å². The fraction of sp³-hybridized carbons (Fsp3) is 0.571. The van der Waals surface area contributed by atoms with Crippen LogP contribution in [0.2, 0.25) is 0 Å². The average molecular weight is 378 g/mol. The third-order valence-corrected chi connectivity index (χ3v) is 5.42. The van der Waals surface area contributed by atoms with Crippen LogP contribution in [0.15, 0.2) is 28.7 Å². The average Bonchev–Trinajstić information content (AvgIpc) is 2.42. The molecule has 18 heavy (non-hydrogen) atoms. The second-order valence-corrected chi connectivity index (χ2v) is 6.25. The van der Waals surface area contributed by atoms with Gasteiger partial charge < -0.3 is 9.47 Å². The summed E-state index contributed by atoms with van der Waals surface area (Å²) in [5, 5.41) is 0.985. The molecular weight excluding hydrogens is 360 g/mol. The Morgan fingerprint density at radius 1 is 1.22 bits per heavy atom. The molecule has 1 aliphatic rings. The zero-order valence-corrected chi connectivity index (χ0v) is 13.5. The third kappa shape index (κ3) is 3.80. The maximum absolute atomic E-state index is 5.92. The van der Waals surface area contributed by atoms with Gasteiger partial charge in [0, 0.05) is 28.4 Å². The first-order chi connectivity index (χ1) is 8.76. The first-order valence-electron chi connectivity index (χ1n) is 6.21. The lowest BCUT2D eigenvalue weighted by atomic mass is 9.83. The third-order valence-electron chi connectivity index (χ3n) is 3.46. The molecule has 4 heteroatoms. The SMILES string of the molecule is BrCC1(COCc2ccccc2Br)CCOCC1. The summed E-state index contributed by atoms with van der Waals surface area (Å²) in [5.41, 5.74) is 1.45. The van der Waals surface area contributed by atoms with Crippen LogP contribution in [0, 0.1) is 5.41 Å². The van der Waals surface area contributed by atoms with Gasteiger partial charge in [0.1, 0.15) is 0 Å². The topological polar surface area (TPSA) is 18.5 Å². The van der Waals surface area contributed by atoms with Gasteiger partial charge in [-0.2, -0.15) is 0 Å². The fourth-order valence-electron chi connectivity index (χ4n) is 2.11. The number of hydrogen-bond donors (Lipinski definition) is 0. The predicted octanol–water partition coefficient (Wildman–Crippen LogP) is 4.16. The van der Waals surface area contributed by atoms with Crippen LogP contribution in [0.4, 0.5) is 0 Å². The van der Waals surface area contributed by atoms with Crippen LogP contribution in [0.3, 0.4) is 0 Å². The van der Waals surface area contributed by atoms with E-state index in [2.05, 4.69) is 37.9 Å². The number of rotatable bonds is 5. The lowest BCUT2D eigenvalue weighted by Crippen LogP contribution is -2.35. The quantitative estimate of drug-likeness (QED) is 0.717. The summed E-state index contributed by atoms with van der Waals surface area (Å²) >= 11 is 7.17. The van der Waals surface area contributed by atoms with E-state index in [0.717, 1.165) is 42.5 Å². The zero-order chi connectivity index (χ0) is 12.8. The van der Waals surface area contributed by atoms with Gasteiger partial charge in [-0.3, -0.25) is 0 Å². The van der Waals surface area contributed by atoms with Crippen molar-refractivity contribution in [2.75, 3.05) is 25.2 Å². The second-order valence-electron chi connectivity index (χ2n) is 4.83. The van der Waals surface area contributed by atoms with Crippen LogP contribution in [-0.4, -0.2) is 25.2 Å². The van der Waals surface area contributed by atoms with Crippen molar-refractivity contribution < 1.29 is 9.47 Å². The predicted molar refractivity (Wildman–Crippen MR) is 80.1 cm³/mol. The van der Waals surface area contributed by atoms with Crippen LogP contribution < -0.4 is 0 Å². The summed E-state index contributed by atoms with van der Waals surface area (Å²) < 4.78 is 12.5. The van der Waals surface area contributed by atoms with Gasteiger partial charge in [0.15, 0.2) is 0 Å². The molecule has 1 aromatic rings. The molecule has 1 heterocycles. The van der Waals surface area contributed by atoms with E-state index in [-0.39, 0.29) is 5.41 Å². The minimum atomic E-state index is 0.250. The molecular formula is C14H18Br2O2.